The zero-order valence-corrected chi connectivity index (χ0v) is 14.2. The van der Waals surface area contributed by atoms with Gasteiger partial charge in [-0.15, -0.1) is 0 Å². The Morgan fingerprint density at radius 3 is 2.79 bits per heavy atom. The Kier molecular flexibility index (Phi) is 6.95. The fraction of sp³-hybridized carbons (Fsp3) is 0.316. The molecule has 0 aliphatic heterocycles. The fourth-order valence-corrected chi connectivity index (χ4v) is 2.32. The minimum absolute atomic E-state index is 0.191. The summed E-state index contributed by atoms with van der Waals surface area (Å²) in [6, 6.07) is 11.6. The molecule has 0 spiro atoms. The summed E-state index contributed by atoms with van der Waals surface area (Å²) >= 11 is 0. The van der Waals surface area contributed by atoms with Crippen molar-refractivity contribution >= 4 is 18.2 Å². The third kappa shape index (κ3) is 6.20. The number of H-pyrrole nitrogens is 1. The summed E-state index contributed by atoms with van der Waals surface area (Å²) in [6.45, 7) is 3.96. The van der Waals surface area contributed by atoms with Crippen LogP contribution in [0.1, 0.15) is 43.9 Å². The Morgan fingerprint density at radius 2 is 2.08 bits per heavy atom. The Balaban J connectivity index is 2.09. The predicted octanol–water partition coefficient (Wildman–Crippen LogP) is 4.14. The maximum Gasteiger partial charge on any atom is 0.252 e. The van der Waals surface area contributed by atoms with E-state index in [2.05, 4.69) is 45.6 Å². The number of aryl methyl sites for hydroxylation is 1. The third-order valence-electron chi connectivity index (χ3n) is 3.49. The Hall–Kier alpha value is -2.69. The van der Waals surface area contributed by atoms with Gasteiger partial charge in [-0.3, -0.25) is 9.78 Å². The molecule has 2 aromatic rings. The number of nitrogens with zero attached hydrogens (tertiary/aromatic N) is 2. The summed E-state index contributed by atoms with van der Waals surface area (Å²) in [5.41, 5.74) is 5.54. The predicted molar refractivity (Wildman–Crippen MR) is 100 cm³/mol. The number of benzene rings is 1. The molecule has 0 saturated carbocycles. The van der Waals surface area contributed by atoms with Crippen LogP contribution in [0.3, 0.4) is 0 Å². The molecule has 0 amide bonds. The smallest absolute Gasteiger partial charge is 0.252 e. The van der Waals surface area contributed by atoms with E-state index < -0.39 is 0 Å². The molecule has 5 nitrogen and oxygen atoms in total. The largest absolute Gasteiger partial charge is 0.291 e. The molecule has 0 atom stereocenters. The average molecular weight is 324 g/mol. The minimum atomic E-state index is -0.191. The van der Waals surface area contributed by atoms with Crippen LogP contribution in [-0.2, 0) is 0 Å². The van der Waals surface area contributed by atoms with Crippen LogP contribution in [0.25, 0.3) is 6.08 Å². The second-order valence-electron chi connectivity index (χ2n) is 5.69. The molecule has 0 fully saturated rings. The lowest BCUT2D eigenvalue weighted by atomic mass is 10.1. The number of aromatic nitrogens is 2. The van der Waals surface area contributed by atoms with Crippen molar-refractivity contribution in [3.05, 3.63) is 63.6 Å². The van der Waals surface area contributed by atoms with Crippen molar-refractivity contribution in [1.29, 1.82) is 0 Å². The van der Waals surface area contributed by atoms with Crippen molar-refractivity contribution in [2.75, 3.05) is 5.43 Å². The highest BCUT2D eigenvalue weighted by Crippen LogP contribution is 2.12. The van der Waals surface area contributed by atoms with Gasteiger partial charge in [0, 0.05) is 11.8 Å². The number of hydrazone groups is 1. The van der Waals surface area contributed by atoms with Gasteiger partial charge in [-0.25, -0.2) is 10.4 Å². The van der Waals surface area contributed by atoms with Gasteiger partial charge in [-0.05, 0) is 30.9 Å². The molecule has 1 aromatic heterocycles. The van der Waals surface area contributed by atoms with Gasteiger partial charge in [-0.2, -0.15) is 5.10 Å². The molecule has 0 unspecified atom stereocenters. The molecule has 126 valence electrons. The molecule has 0 bridgehead atoms. The van der Waals surface area contributed by atoms with Gasteiger partial charge >= 0.3 is 0 Å². The molecular weight excluding hydrogens is 300 g/mol. The van der Waals surface area contributed by atoms with E-state index in [4.69, 9.17) is 0 Å². The fourth-order valence-electron chi connectivity index (χ4n) is 2.32. The first-order chi connectivity index (χ1) is 11.7. The second kappa shape index (κ2) is 9.45. The van der Waals surface area contributed by atoms with E-state index in [9.17, 15) is 4.79 Å². The van der Waals surface area contributed by atoms with Crippen LogP contribution in [-0.4, -0.2) is 16.2 Å². The summed E-state index contributed by atoms with van der Waals surface area (Å²) in [4.78, 5) is 18.2. The van der Waals surface area contributed by atoms with Crippen molar-refractivity contribution in [1.82, 2.24) is 9.97 Å². The van der Waals surface area contributed by atoms with Crippen molar-refractivity contribution < 1.29 is 0 Å². The van der Waals surface area contributed by atoms with Crippen molar-refractivity contribution in [2.45, 2.75) is 39.5 Å². The maximum atomic E-state index is 11.4. The van der Waals surface area contributed by atoms with Crippen molar-refractivity contribution in [2.24, 2.45) is 5.10 Å². The Bertz CT molecular complexity index is 747. The van der Waals surface area contributed by atoms with Gasteiger partial charge in [0.15, 0.2) is 0 Å². The van der Waals surface area contributed by atoms with E-state index in [1.807, 2.05) is 18.2 Å². The van der Waals surface area contributed by atoms with Crippen LogP contribution in [0.4, 0.5) is 5.95 Å². The summed E-state index contributed by atoms with van der Waals surface area (Å²) < 4.78 is 0. The molecule has 0 aliphatic carbocycles. The number of anilines is 1. The molecule has 0 radical (unpaired) electrons. The minimum Gasteiger partial charge on any atom is -0.291 e. The van der Waals surface area contributed by atoms with Crippen LogP contribution in [0.2, 0.25) is 0 Å². The van der Waals surface area contributed by atoms with Crippen molar-refractivity contribution in [3.8, 4) is 0 Å². The third-order valence-corrected chi connectivity index (χ3v) is 3.49. The molecule has 2 rings (SSSR count). The van der Waals surface area contributed by atoms with Crippen LogP contribution in [0, 0.1) is 6.92 Å². The number of hydrogen-bond acceptors (Lipinski definition) is 4. The highest BCUT2D eigenvalue weighted by atomic mass is 16.1. The van der Waals surface area contributed by atoms with Crippen LogP contribution >= 0.6 is 0 Å². The SMILES string of the molecule is CCCCCC(/C=N\Nc1nc(C)cc(=O)[nH]1)=C/c1ccccc1. The van der Waals surface area contributed by atoms with Gasteiger partial charge in [-0.1, -0.05) is 56.2 Å². The monoisotopic (exact) mass is 324 g/mol. The normalized spacial score (nSPS) is 11.8. The average Bonchev–Trinajstić information content (AvgIpc) is 2.55. The lowest BCUT2D eigenvalue weighted by Crippen LogP contribution is -2.10. The Morgan fingerprint density at radius 1 is 1.29 bits per heavy atom. The van der Waals surface area contributed by atoms with E-state index in [-0.39, 0.29) is 5.56 Å². The molecule has 0 saturated heterocycles. The van der Waals surface area contributed by atoms with Crippen LogP contribution in [0.15, 0.2) is 51.9 Å². The van der Waals surface area contributed by atoms with Gasteiger partial charge < -0.3 is 0 Å². The number of rotatable bonds is 8. The highest BCUT2D eigenvalue weighted by molar-refractivity contribution is 5.85. The summed E-state index contributed by atoms with van der Waals surface area (Å²) in [6.07, 6.45) is 8.40. The second-order valence-corrected chi connectivity index (χ2v) is 5.69. The standard InChI is InChI=1S/C19H24N4O/c1-3-4-6-11-17(13-16-9-7-5-8-10-16)14-20-23-19-21-15(2)12-18(24)22-19/h5,7-10,12-14H,3-4,6,11H2,1-2H3,(H2,21,22,23,24)/b17-13-,20-14-. The van der Waals surface area contributed by atoms with Gasteiger partial charge in [0.25, 0.3) is 5.56 Å². The highest BCUT2D eigenvalue weighted by Gasteiger charge is 1.98. The maximum absolute atomic E-state index is 11.4. The Labute approximate surface area is 142 Å². The molecular formula is C19H24N4O. The zero-order valence-electron chi connectivity index (χ0n) is 14.2. The lowest BCUT2D eigenvalue weighted by Gasteiger charge is -2.03. The zero-order chi connectivity index (χ0) is 17.2. The number of allylic oxidation sites excluding steroid dienone is 1. The number of unbranched alkanes of at least 4 members (excludes halogenated alkanes) is 2. The summed E-state index contributed by atoms with van der Waals surface area (Å²) in [5, 5.41) is 4.22. The van der Waals surface area contributed by atoms with Gasteiger partial charge in [0.1, 0.15) is 0 Å². The quantitative estimate of drug-likeness (QED) is 0.435. The first kappa shape index (κ1) is 17.7. The topological polar surface area (TPSA) is 70.1 Å². The lowest BCUT2D eigenvalue weighted by molar-refractivity contribution is 0.724. The first-order valence-electron chi connectivity index (χ1n) is 8.30. The molecule has 24 heavy (non-hydrogen) atoms. The molecule has 2 N–H and O–H groups in total. The molecule has 5 heteroatoms. The molecule has 0 aliphatic rings. The van der Waals surface area contributed by atoms with Crippen molar-refractivity contribution in [3.63, 3.8) is 0 Å². The first-order valence-corrected chi connectivity index (χ1v) is 8.30. The number of hydrogen-bond donors (Lipinski definition) is 2. The van der Waals surface area contributed by atoms with Gasteiger partial charge in [0.05, 0.1) is 6.21 Å². The van der Waals surface area contributed by atoms with E-state index in [0.717, 1.165) is 24.0 Å². The number of aromatic amines is 1. The number of nitrogens with one attached hydrogen (secondary N) is 2. The van der Waals surface area contributed by atoms with E-state index in [0.29, 0.717) is 11.6 Å². The van der Waals surface area contributed by atoms with E-state index >= 15 is 0 Å². The van der Waals surface area contributed by atoms with Crippen LogP contribution < -0.4 is 11.0 Å². The van der Waals surface area contributed by atoms with E-state index in [1.54, 1.807) is 13.1 Å². The summed E-state index contributed by atoms with van der Waals surface area (Å²) in [5.74, 6) is 0.351. The molecule has 1 heterocycles. The molecule has 1 aromatic carbocycles. The van der Waals surface area contributed by atoms with E-state index in [1.165, 1.54) is 18.9 Å². The summed E-state index contributed by atoms with van der Waals surface area (Å²) in [7, 11) is 0. The van der Waals surface area contributed by atoms with Crippen LogP contribution in [0.5, 0.6) is 0 Å². The van der Waals surface area contributed by atoms with Gasteiger partial charge in [0.2, 0.25) is 5.95 Å².